The molecule has 1 amide bonds. The van der Waals surface area contributed by atoms with Crippen LogP contribution in [-0.2, 0) is 4.79 Å². The normalized spacial score (nSPS) is 10.8. The Bertz CT molecular complexity index is 815. The van der Waals surface area contributed by atoms with E-state index in [9.17, 15) is 4.79 Å². The van der Waals surface area contributed by atoms with Crippen LogP contribution in [0.2, 0.25) is 0 Å². The summed E-state index contributed by atoms with van der Waals surface area (Å²) < 4.78 is 0. The molecule has 2 aromatic heterocycles. The maximum absolute atomic E-state index is 12.2. The lowest BCUT2D eigenvalue weighted by Gasteiger charge is -2.09. The van der Waals surface area contributed by atoms with Crippen LogP contribution in [0.4, 0.5) is 5.13 Å². The molecule has 0 aliphatic heterocycles. The van der Waals surface area contributed by atoms with Crippen LogP contribution in [0.3, 0.4) is 0 Å². The van der Waals surface area contributed by atoms with Crippen molar-refractivity contribution in [2.75, 3.05) is 11.9 Å². The molecule has 0 N–H and O–H groups in total. The molecule has 1 aromatic carbocycles. The zero-order valence-electron chi connectivity index (χ0n) is 12.5. The molecule has 0 saturated heterocycles. The molecule has 0 aliphatic carbocycles. The van der Waals surface area contributed by atoms with Crippen molar-refractivity contribution >= 4 is 28.5 Å². The van der Waals surface area contributed by atoms with Crippen LogP contribution in [0.15, 0.2) is 60.9 Å². The van der Waals surface area contributed by atoms with E-state index in [-0.39, 0.29) is 5.91 Å². The monoisotopic (exact) mass is 322 g/mol. The van der Waals surface area contributed by atoms with Crippen LogP contribution in [0, 0.1) is 0 Å². The molecule has 0 unspecified atom stereocenters. The van der Waals surface area contributed by atoms with E-state index in [4.69, 9.17) is 0 Å². The van der Waals surface area contributed by atoms with Gasteiger partial charge in [0.25, 0.3) is 5.91 Å². The van der Waals surface area contributed by atoms with Crippen LogP contribution in [0.5, 0.6) is 0 Å². The van der Waals surface area contributed by atoms with Gasteiger partial charge in [0, 0.05) is 31.1 Å². The fraction of sp³-hybridized carbons (Fsp3) is 0.0588. The van der Waals surface area contributed by atoms with Gasteiger partial charge in [-0.1, -0.05) is 41.7 Å². The predicted molar refractivity (Wildman–Crippen MR) is 92.0 cm³/mol. The van der Waals surface area contributed by atoms with E-state index in [2.05, 4.69) is 15.2 Å². The first-order chi connectivity index (χ1) is 11.2. The van der Waals surface area contributed by atoms with Gasteiger partial charge in [-0.3, -0.25) is 14.7 Å². The van der Waals surface area contributed by atoms with Gasteiger partial charge < -0.3 is 0 Å². The van der Waals surface area contributed by atoms with Gasteiger partial charge in [0.2, 0.25) is 5.13 Å². The Morgan fingerprint density at radius 1 is 1.13 bits per heavy atom. The third kappa shape index (κ3) is 3.67. The first kappa shape index (κ1) is 15.1. The van der Waals surface area contributed by atoms with Gasteiger partial charge in [0.05, 0.1) is 0 Å². The van der Waals surface area contributed by atoms with Gasteiger partial charge in [-0.15, -0.1) is 10.2 Å². The maximum Gasteiger partial charge on any atom is 0.252 e. The number of benzene rings is 1. The molecule has 0 aliphatic rings. The zero-order valence-corrected chi connectivity index (χ0v) is 13.3. The number of hydrogen-bond acceptors (Lipinski definition) is 5. The average molecular weight is 322 g/mol. The van der Waals surface area contributed by atoms with Crippen LogP contribution in [-0.4, -0.2) is 28.1 Å². The molecule has 3 rings (SSSR count). The zero-order chi connectivity index (χ0) is 16.1. The van der Waals surface area contributed by atoms with Gasteiger partial charge in [-0.2, -0.15) is 0 Å². The van der Waals surface area contributed by atoms with Crippen molar-refractivity contribution in [1.82, 2.24) is 15.2 Å². The molecule has 0 radical (unpaired) electrons. The molecular weight excluding hydrogens is 308 g/mol. The lowest BCUT2D eigenvalue weighted by molar-refractivity contribution is -0.113. The van der Waals surface area contributed by atoms with E-state index >= 15 is 0 Å². The predicted octanol–water partition coefficient (Wildman–Crippen LogP) is 3.28. The number of rotatable bonds is 4. The Balaban J connectivity index is 1.73. The van der Waals surface area contributed by atoms with E-state index < -0.39 is 0 Å². The second-order valence-corrected chi connectivity index (χ2v) is 5.73. The second-order valence-electron chi connectivity index (χ2n) is 4.77. The molecule has 0 spiro atoms. The van der Waals surface area contributed by atoms with Crippen molar-refractivity contribution in [2.24, 2.45) is 0 Å². The smallest absolute Gasteiger partial charge is 0.252 e. The van der Waals surface area contributed by atoms with Crippen LogP contribution in [0.1, 0.15) is 5.56 Å². The van der Waals surface area contributed by atoms with E-state index in [0.29, 0.717) is 5.13 Å². The summed E-state index contributed by atoms with van der Waals surface area (Å²) in [7, 11) is 1.69. The molecule has 3 aromatic rings. The van der Waals surface area contributed by atoms with Crippen LogP contribution < -0.4 is 4.90 Å². The largest absolute Gasteiger partial charge is 0.286 e. The second kappa shape index (κ2) is 6.93. The van der Waals surface area contributed by atoms with Gasteiger partial charge >= 0.3 is 0 Å². The molecule has 2 heterocycles. The Morgan fingerprint density at radius 2 is 1.96 bits per heavy atom. The van der Waals surface area contributed by atoms with E-state index in [0.717, 1.165) is 16.1 Å². The minimum absolute atomic E-state index is 0.150. The fourth-order valence-electron chi connectivity index (χ4n) is 1.89. The molecule has 23 heavy (non-hydrogen) atoms. The number of hydrogen-bond donors (Lipinski definition) is 0. The number of carbonyl (C=O) groups is 1. The highest BCUT2D eigenvalue weighted by Crippen LogP contribution is 2.27. The quantitative estimate of drug-likeness (QED) is 0.692. The van der Waals surface area contributed by atoms with Crippen LogP contribution >= 0.6 is 11.3 Å². The van der Waals surface area contributed by atoms with Crippen LogP contribution in [0.25, 0.3) is 16.6 Å². The summed E-state index contributed by atoms with van der Waals surface area (Å²) in [5.41, 5.74) is 1.86. The molecule has 0 fully saturated rings. The first-order valence-corrected chi connectivity index (χ1v) is 7.80. The van der Waals surface area contributed by atoms with Crippen molar-refractivity contribution in [3.8, 4) is 10.6 Å². The number of amides is 1. The van der Waals surface area contributed by atoms with Crippen molar-refractivity contribution in [1.29, 1.82) is 0 Å². The van der Waals surface area contributed by atoms with Crippen molar-refractivity contribution < 1.29 is 4.79 Å². The van der Waals surface area contributed by atoms with E-state index in [1.165, 1.54) is 22.3 Å². The summed E-state index contributed by atoms with van der Waals surface area (Å²) in [6.07, 6.45) is 6.74. The number of nitrogens with zero attached hydrogens (tertiary/aromatic N) is 4. The Labute approximate surface area is 138 Å². The summed E-state index contributed by atoms with van der Waals surface area (Å²) in [5.74, 6) is -0.150. The maximum atomic E-state index is 12.2. The topological polar surface area (TPSA) is 59.0 Å². The number of carbonyl (C=O) groups excluding carboxylic acids is 1. The van der Waals surface area contributed by atoms with Gasteiger partial charge in [0.15, 0.2) is 5.01 Å². The highest BCUT2D eigenvalue weighted by molar-refractivity contribution is 7.18. The number of aromatic nitrogens is 3. The minimum atomic E-state index is -0.150. The Hall–Kier alpha value is -2.86. The molecule has 114 valence electrons. The summed E-state index contributed by atoms with van der Waals surface area (Å²) in [6, 6.07) is 13.4. The highest BCUT2D eigenvalue weighted by Gasteiger charge is 2.14. The average Bonchev–Trinajstić information content (AvgIpc) is 3.11. The summed E-state index contributed by atoms with van der Waals surface area (Å²) >= 11 is 1.35. The van der Waals surface area contributed by atoms with Gasteiger partial charge in [-0.25, -0.2) is 0 Å². The SMILES string of the molecule is CN(C(=O)C=Cc1ccccc1)c1nnc(-c2cccnc2)s1. The molecule has 0 bridgehead atoms. The van der Waals surface area contributed by atoms with Gasteiger partial charge in [0.1, 0.15) is 0 Å². The molecule has 0 atom stereocenters. The third-order valence-corrected chi connectivity index (χ3v) is 4.21. The Kier molecular flexibility index (Phi) is 4.54. The lowest BCUT2D eigenvalue weighted by Crippen LogP contribution is -2.23. The molecule has 0 saturated carbocycles. The Morgan fingerprint density at radius 3 is 2.70 bits per heavy atom. The molecule has 5 nitrogen and oxygen atoms in total. The number of pyridine rings is 1. The number of likely N-dealkylation sites (N-methyl/N-ethyl adjacent to an activating group) is 1. The minimum Gasteiger partial charge on any atom is -0.286 e. The van der Waals surface area contributed by atoms with E-state index in [1.807, 2.05) is 42.5 Å². The molecular formula is C17H14N4OS. The highest BCUT2D eigenvalue weighted by atomic mass is 32.1. The summed E-state index contributed by atoms with van der Waals surface area (Å²) in [4.78, 5) is 17.8. The van der Waals surface area contributed by atoms with E-state index in [1.54, 1.807) is 25.5 Å². The van der Waals surface area contributed by atoms with Crippen molar-refractivity contribution in [3.63, 3.8) is 0 Å². The van der Waals surface area contributed by atoms with Gasteiger partial charge in [-0.05, 0) is 23.8 Å². The molecule has 6 heteroatoms. The number of anilines is 1. The standard InChI is InChI=1S/C17H14N4OS/c1-21(15(22)10-9-13-6-3-2-4-7-13)17-20-19-16(23-17)14-8-5-11-18-12-14/h2-12H,1H3. The van der Waals surface area contributed by atoms with Crippen molar-refractivity contribution in [3.05, 3.63) is 66.5 Å². The summed E-state index contributed by atoms with van der Waals surface area (Å²) in [5, 5.41) is 9.48. The first-order valence-electron chi connectivity index (χ1n) is 6.99. The fourth-order valence-corrected chi connectivity index (χ4v) is 2.70. The third-order valence-electron chi connectivity index (χ3n) is 3.16. The van der Waals surface area contributed by atoms with Crippen molar-refractivity contribution in [2.45, 2.75) is 0 Å². The summed E-state index contributed by atoms with van der Waals surface area (Å²) in [6.45, 7) is 0. The lowest BCUT2D eigenvalue weighted by atomic mass is 10.2.